The number of nitrogens with zero attached hydrogens (tertiary/aromatic N) is 1. The van der Waals surface area contributed by atoms with Gasteiger partial charge >= 0.3 is 0 Å². The molecule has 0 aliphatic carbocycles. The number of aryl methyl sites for hydroxylation is 1. The molecule has 2 aromatic rings. The topological polar surface area (TPSA) is 34.2 Å². The SMILES string of the molecule is CCCNC(CCc1ccccc1)c1cncc(OC)c1. The van der Waals surface area contributed by atoms with Crippen molar-refractivity contribution in [2.45, 2.75) is 32.2 Å². The van der Waals surface area contributed by atoms with E-state index in [-0.39, 0.29) is 0 Å². The molecular weight excluding hydrogens is 260 g/mol. The molecule has 2 rings (SSSR count). The summed E-state index contributed by atoms with van der Waals surface area (Å²) in [5.74, 6) is 0.815. The minimum Gasteiger partial charge on any atom is -0.495 e. The molecule has 1 atom stereocenters. The molecular formula is C18H24N2O. The van der Waals surface area contributed by atoms with Gasteiger partial charge in [0, 0.05) is 12.2 Å². The van der Waals surface area contributed by atoms with Gasteiger partial charge in [0.2, 0.25) is 0 Å². The summed E-state index contributed by atoms with van der Waals surface area (Å²) >= 11 is 0. The maximum Gasteiger partial charge on any atom is 0.137 e. The largest absolute Gasteiger partial charge is 0.495 e. The molecule has 1 N–H and O–H groups in total. The van der Waals surface area contributed by atoms with E-state index in [1.54, 1.807) is 13.3 Å². The summed E-state index contributed by atoms with van der Waals surface area (Å²) in [7, 11) is 1.68. The lowest BCUT2D eigenvalue weighted by Crippen LogP contribution is -2.23. The van der Waals surface area contributed by atoms with E-state index in [4.69, 9.17) is 4.74 Å². The second-order valence-electron chi connectivity index (χ2n) is 5.19. The number of ether oxygens (including phenoxy) is 1. The van der Waals surface area contributed by atoms with Crippen LogP contribution in [-0.4, -0.2) is 18.6 Å². The summed E-state index contributed by atoms with van der Waals surface area (Å²) < 4.78 is 5.28. The normalized spacial score (nSPS) is 12.1. The van der Waals surface area contributed by atoms with E-state index in [0.717, 1.165) is 31.6 Å². The van der Waals surface area contributed by atoms with E-state index in [1.165, 1.54) is 11.1 Å². The van der Waals surface area contributed by atoms with Crippen molar-refractivity contribution in [3.63, 3.8) is 0 Å². The van der Waals surface area contributed by atoms with Gasteiger partial charge in [-0.3, -0.25) is 4.98 Å². The lowest BCUT2D eigenvalue weighted by Gasteiger charge is -2.19. The van der Waals surface area contributed by atoms with Crippen molar-refractivity contribution < 1.29 is 4.74 Å². The van der Waals surface area contributed by atoms with Gasteiger partial charge in [0.1, 0.15) is 5.75 Å². The van der Waals surface area contributed by atoms with Gasteiger partial charge in [-0.25, -0.2) is 0 Å². The van der Waals surface area contributed by atoms with Gasteiger partial charge in [-0.2, -0.15) is 0 Å². The van der Waals surface area contributed by atoms with Crippen LogP contribution in [0.15, 0.2) is 48.8 Å². The fourth-order valence-corrected chi connectivity index (χ4v) is 2.40. The van der Waals surface area contributed by atoms with Gasteiger partial charge in [0.25, 0.3) is 0 Å². The third-order valence-corrected chi connectivity index (χ3v) is 3.58. The highest BCUT2D eigenvalue weighted by Crippen LogP contribution is 2.22. The number of pyridine rings is 1. The van der Waals surface area contributed by atoms with Crippen LogP contribution in [-0.2, 0) is 6.42 Å². The summed E-state index contributed by atoms with van der Waals surface area (Å²) in [6.45, 7) is 3.20. The molecule has 1 heterocycles. The first kappa shape index (κ1) is 15.5. The van der Waals surface area contributed by atoms with Crippen molar-refractivity contribution in [3.05, 3.63) is 59.9 Å². The number of rotatable bonds is 8. The lowest BCUT2D eigenvalue weighted by atomic mass is 10.00. The second kappa shape index (κ2) is 8.42. The molecule has 1 unspecified atom stereocenters. The molecule has 0 saturated heterocycles. The van der Waals surface area contributed by atoms with E-state index in [2.05, 4.69) is 53.6 Å². The van der Waals surface area contributed by atoms with Gasteiger partial charge < -0.3 is 10.1 Å². The van der Waals surface area contributed by atoms with Crippen LogP contribution in [0.4, 0.5) is 0 Å². The Morgan fingerprint density at radius 1 is 1.19 bits per heavy atom. The fourth-order valence-electron chi connectivity index (χ4n) is 2.40. The smallest absolute Gasteiger partial charge is 0.137 e. The fraction of sp³-hybridized carbons (Fsp3) is 0.389. The molecule has 0 fully saturated rings. The van der Waals surface area contributed by atoms with Crippen LogP contribution in [0.25, 0.3) is 0 Å². The lowest BCUT2D eigenvalue weighted by molar-refractivity contribution is 0.410. The Bertz CT molecular complexity index is 528. The van der Waals surface area contributed by atoms with E-state index < -0.39 is 0 Å². The predicted molar refractivity (Wildman–Crippen MR) is 86.6 cm³/mol. The molecule has 112 valence electrons. The molecule has 0 bridgehead atoms. The van der Waals surface area contributed by atoms with Crippen molar-refractivity contribution in [2.24, 2.45) is 0 Å². The number of hydrogen-bond acceptors (Lipinski definition) is 3. The van der Waals surface area contributed by atoms with Crippen molar-refractivity contribution in [1.82, 2.24) is 10.3 Å². The molecule has 0 saturated carbocycles. The van der Waals surface area contributed by atoms with Crippen LogP contribution in [0.1, 0.15) is 36.9 Å². The van der Waals surface area contributed by atoms with Crippen LogP contribution in [0, 0.1) is 0 Å². The molecule has 0 aliphatic heterocycles. The van der Waals surface area contributed by atoms with Gasteiger partial charge in [0.15, 0.2) is 0 Å². The van der Waals surface area contributed by atoms with Gasteiger partial charge in [-0.1, -0.05) is 37.3 Å². The highest BCUT2D eigenvalue weighted by atomic mass is 16.5. The van der Waals surface area contributed by atoms with Crippen LogP contribution in [0.5, 0.6) is 5.75 Å². The molecule has 0 spiro atoms. The van der Waals surface area contributed by atoms with E-state index in [0.29, 0.717) is 6.04 Å². The zero-order chi connectivity index (χ0) is 14.9. The minimum absolute atomic E-state index is 0.313. The second-order valence-corrected chi connectivity index (χ2v) is 5.19. The molecule has 3 heteroatoms. The Morgan fingerprint density at radius 3 is 2.71 bits per heavy atom. The Balaban J connectivity index is 2.06. The van der Waals surface area contributed by atoms with Crippen LogP contribution in [0.2, 0.25) is 0 Å². The quantitative estimate of drug-likeness (QED) is 0.801. The Morgan fingerprint density at radius 2 is 2.00 bits per heavy atom. The first-order valence-corrected chi connectivity index (χ1v) is 7.59. The number of aromatic nitrogens is 1. The molecule has 1 aromatic carbocycles. The van der Waals surface area contributed by atoms with Crippen molar-refractivity contribution in [2.75, 3.05) is 13.7 Å². The first-order chi connectivity index (χ1) is 10.3. The summed E-state index contributed by atoms with van der Waals surface area (Å²) in [5.41, 5.74) is 2.57. The predicted octanol–water partition coefficient (Wildman–Crippen LogP) is 3.76. The molecule has 0 radical (unpaired) electrons. The van der Waals surface area contributed by atoms with Crippen LogP contribution >= 0.6 is 0 Å². The highest BCUT2D eigenvalue weighted by molar-refractivity contribution is 5.26. The van der Waals surface area contributed by atoms with Gasteiger partial charge in [-0.05, 0) is 43.0 Å². The van der Waals surface area contributed by atoms with Crippen LogP contribution < -0.4 is 10.1 Å². The molecule has 0 amide bonds. The van der Waals surface area contributed by atoms with E-state index in [1.807, 2.05) is 6.20 Å². The third kappa shape index (κ3) is 4.87. The molecule has 0 aliphatic rings. The average molecular weight is 284 g/mol. The number of benzene rings is 1. The first-order valence-electron chi connectivity index (χ1n) is 7.59. The monoisotopic (exact) mass is 284 g/mol. The maximum atomic E-state index is 5.28. The van der Waals surface area contributed by atoms with Crippen molar-refractivity contribution in [3.8, 4) is 5.75 Å². The van der Waals surface area contributed by atoms with E-state index in [9.17, 15) is 0 Å². The van der Waals surface area contributed by atoms with Crippen molar-refractivity contribution in [1.29, 1.82) is 0 Å². The van der Waals surface area contributed by atoms with Crippen molar-refractivity contribution >= 4 is 0 Å². The molecule has 21 heavy (non-hydrogen) atoms. The minimum atomic E-state index is 0.313. The molecule has 3 nitrogen and oxygen atoms in total. The summed E-state index contributed by atoms with van der Waals surface area (Å²) in [4.78, 5) is 4.27. The third-order valence-electron chi connectivity index (χ3n) is 3.58. The average Bonchev–Trinajstić information content (AvgIpc) is 2.56. The van der Waals surface area contributed by atoms with E-state index >= 15 is 0 Å². The Labute approximate surface area is 127 Å². The van der Waals surface area contributed by atoms with Gasteiger partial charge in [0.05, 0.1) is 13.3 Å². The standard InChI is InChI=1S/C18H24N2O/c1-3-11-20-18(10-9-15-7-5-4-6-8-15)16-12-17(21-2)14-19-13-16/h4-8,12-14,18,20H,3,9-11H2,1-2H3. The number of hydrogen-bond donors (Lipinski definition) is 1. The maximum absolute atomic E-state index is 5.28. The van der Waals surface area contributed by atoms with Gasteiger partial charge in [-0.15, -0.1) is 0 Å². The summed E-state index contributed by atoms with van der Waals surface area (Å²) in [5, 5.41) is 3.61. The zero-order valence-corrected chi connectivity index (χ0v) is 12.9. The summed E-state index contributed by atoms with van der Waals surface area (Å²) in [6, 6.07) is 13.0. The van der Waals surface area contributed by atoms with Crippen LogP contribution in [0.3, 0.4) is 0 Å². The molecule has 1 aromatic heterocycles. The number of nitrogens with one attached hydrogen (secondary N) is 1. The number of methoxy groups -OCH3 is 1. The Hall–Kier alpha value is -1.87. The highest BCUT2D eigenvalue weighted by Gasteiger charge is 2.12. The summed E-state index contributed by atoms with van der Waals surface area (Å²) in [6.07, 6.45) is 6.91. The Kier molecular flexibility index (Phi) is 6.22. The zero-order valence-electron chi connectivity index (χ0n) is 12.9.